The van der Waals surface area contributed by atoms with Gasteiger partial charge in [-0.05, 0) is 109 Å². The molecule has 2 aliphatic rings. The summed E-state index contributed by atoms with van der Waals surface area (Å²) < 4.78 is 6.07. The Morgan fingerprint density at radius 1 is 0.604 bits per heavy atom. The summed E-state index contributed by atoms with van der Waals surface area (Å²) >= 11 is 1.82. The van der Waals surface area contributed by atoms with Crippen molar-refractivity contribution in [1.29, 1.82) is 0 Å². The summed E-state index contributed by atoms with van der Waals surface area (Å²) in [4.78, 5) is 4.87. The first-order chi connectivity index (χ1) is 23.6. The van der Waals surface area contributed by atoms with Crippen molar-refractivity contribution in [2.24, 2.45) is 0 Å². The standard InChI is InChI=1S/C45H38NOS/c1-33-29-34(2)47-42(30-33)27-25-37-23-24-38(45(37)46(40-19-11-5-12-20-40)41-21-13-6-14-22-41)26-28-43-31-39(35-15-7-3-8-16-35)32-44(48-43)36-17-9-4-10-18-36/h3-22,25-32H,23-24H2,1-2H3/q+1/b28-26-,37-25+,42-27-. The molecule has 7 rings (SSSR count). The Kier molecular flexibility index (Phi) is 9.40. The largest absolute Gasteiger partial charge is 0.462 e. The maximum atomic E-state index is 6.07. The van der Waals surface area contributed by atoms with Crippen molar-refractivity contribution >= 4 is 28.8 Å². The number of rotatable bonds is 8. The van der Waals surface area contributed by atoms with Crippen LogP contribution in [0.5, 0.6) is 0 Å². The van der Waals surface area contributed by atoms with Crippen molar-refractivity contribution in [1.82, 2.24) is 0 Å². The molecule has 1 aliphatic heterocycles. The molecular formula is C45H38NOS+. The molecule has 1 aliphatic carbocycles. The van der Waals surface area contributed by atoms with E-state index in [-0.39, 0.29) is 0 Å². The topological polar surface area (TPSA) is 12.5 Å². The van der Waals surface area contributed by atoms with Crippen molar-refractivity contribution in [2.75, 3.05) is 4.90 Å². The fourth-order valence-electron chi connectivity index (χ4n) is 6.31. The quantitative estimate of drug-likeness (QED) is 0.157. The average molecular weight is 641 g/mol. The van der Waals surface area contributed by atoms with Gasteiger partial charge in [0.05, 0.1) is 5.70 Å². The zero-order chi connectivity index (χ0) is 32.7. The zero-order valence-corrected chi connectivity index (χ0v) is 28.2. The maximum Gasteiger partial charge on any atom is 0.239 e. The van der Waals surface area contributed by atoms with Gasteiger partial charge in [-0.15, -0.1) is 0 Å². The van der Waals surface area contributed by atoms with Crippen LogP contribution in [0.15, 0.2) is 198 Å². The van der Waals surface area contributed by atoms with Crippen LogP contribution in [0.25, 0.3) is 27.6 Å². The van der Waals surface area contributed by atoms with Gasteiger partial charge in [0.1, 0.15) is 11.5 Å². The van der Waals surface area contributed by atoms with Gasteiger partial charge in [-0.3, -0.25) is 0 Å². The Hall–Kier alpha value is -5.51. The highest BCUT2D eigenvalue weighted by Gasteiger charge is 2.26. The Bertz CT molecular complexity index is 1990. The molecule has 0 saturated carbocycles. The predicted molar refractivity (Wildman–Crippen MR) is 205 cm³/mol. The molecule has 0 spiro atoms. The molecule has 0 unspecified atom stereocenters. The second-order valence-electron chi connectivity index (χ2n) is 12.1. The molecule has 0 atom stereocenters. The van der Waals surface area contributed by atoms with E-state index in [0.29, 0.717) is 0 Å². The number of anilines is 2. The number of nitrogens with zero attached hydrogens (tertiary/aromatic N) is 1. The van der Waals surface area contributed by atoms with E-state index in [1.165, 1.54) is 48.9 Å². The fraction of sp³-hybridized carbons (Fsp3) is 0.0889. The molecule has 0 saturated heterocycles. The lowest BCUT2D eigenvalue weighted by molar-refractivity contribution is 0.317. The number of hydrogen-bond acceptors (Lipinski definition) is 2. The molecule has 2 nitrogen and oxygen atoms in total. The molecule has 0 radical (unpaired) electrons. The van der Waals surface area contributed by atoms with Crippen molar-refractivity contribution in [3.8, 4) is 21.6 Å². The fourth-order valence-corrected chi connectivity index (χ4v) is 7.33. The summed E-state index contributed by atoms with van der Waals surface area (Å²) in [6, 6.07) is 47.4. The number of benzene rings is 4. The third kappa shape index (κ3) is 7.22. The monoisotopic (exact) mass is 640 g/mol. The van der Waals surface area contributed by atoms with E-state index in [2.05, 4.69) is 182 Å². The van der Waals surface area contributed by atoms with Crippen LogP contribution in [0.4, 0.5) is 11.4 Å². The van der Waals surface area contributed by atoms with Crippen molar-refractivity contribution < 1.29 is 4.74 Å². The van der Waals surface area contributed by atoms with E-state index in [1.807, 2.05) is 18.3 Å². The first-order valence-corrected chi connectivity index (χ1v) is 17.3. The van der Waals surface area contributed by atoms with Gasteiger partial charge in [-0.1, -0.05) is 97.1 Å². The molecule has 4 aromatic carbocycles. The van der Waals surface area contributed by atoms with Crippen LogP contribution >= 0.6 is 11.3 Å². The van der Waals surface area contributed by atoms with Gasteiger partial charge in [0.2, 0.25) is 21.1 Å². The molecule has 0 fully saturated rings. The minimum atomic E-state index is 0.863. The highest BCUT2D eigenvalue weighted by atomic mass is 32.1. The van der Waals surface area contributed by atoms with E-state index in [9.17, 15) is 0 Å². The van der Waals surface area contributed by atoms with Crippen LogP contribution in [0.3, 0.4) is 0 Å². The minimum absolute atomic E-state index is 0.863. The number of hydrogen-bond donors (Lipinski definition) is 0. The van der Waals surface area contributed by atoms with E-state index in [0.717, 1.165) is 35.7 Å². The zero-order valence-electron chi connectivity index (χ0n) is 27.3. The van der Waals surface area contributed by atoms with Gasteiger partial charge in [0.15, 0.2) is 0 Å². The second kappa shape index (κ2) is 14.5. The van der Waals surface area contributed by atoms with Gasteiger partial charge >= 0.3 is 0 Å². The molecule has 0 N–H and O–H groups in total. The van der Waals surface area contributed by atoms with Gasteiger partial charge in [-0.25, -0.2) is 0 Å². The summed E-state index contributed by atoms with van der Waals surface area (Å²) in [6.45, 7) is 4.12. The lowest BCUT2D eigenvalue weighted by atomic mass is 10.0. The van der Waals surface area contributed by atoms with Crippen LogP contribution in [0.1, 0.15) is 31.6 Å². The third-order valence-corrected chi connectivity index (χ3v) is 9.54. The van der Waals surface area contributed by atoms with Crippen molar-refractivity contribution in [3.63, 3.8) is 0 Å². The summed E-state index contributed by atoms with van der Waals surface area (Å²) in [7, 11) is 0. The van der Waals surface area contributed by atoms with Crippen LogP contribution in [-0.2, 0) is 4.74 Å². The lowest BCUT2D eigenvalue weighted by Gasteiger charge is -2.28. The normalized spacial score (nSPS) is 16.3. The first-order valence-electron chi connectivity index (χ1n) is 16.5. The van der Waals surface area contributed by atoms with E-state index in [1.54, 1.807) is 0 Å². The molecule has 3 heteroatoms. The smallest absolute Gasteiger partial charge is 0.239 e. The van der Waals surface area contributed by atoms with Gasteiger partial charge in [0.25, 0.3) is 0 Å². The molecule has 0 bridgehead atoms. The Morgan fingerprint density at radius 3 is 1.83 bits per heavy atom. The van der Waals surface area contributed by atoms with E-state index < -0.39 is 0 Å². The van der Waals surface area contributed by atoms with Crippen molar-refractivity contribution in [2.45, 2.75) is 26.7 Å². The summed E-state index contributed by atoms with van der Waals surface area (Å²) in [5, 5.41) is 0. The Morgan fingerprint density at radius 2 is 1.21 bits per heavy atom. The second-order valence-corrected chi connectivity index (χ2v) is 13.2. The van der Waals surface area contributed by atoms with Gasteiger partial charge in [-0.2, -0.15) is 0 Å². The SMILES string of the molecule is CC1=C/C(=C/C=C2\CCC(/C=C\c3cc(-c4ccccc4)cc(-c4ccccc4)[s+]3)=C2N(c2ccccc2)c2ccccc2)OC(C)=C1. The molecule has 234 valence electrons. The number of allylic oxidation sites excluding steroid dienone is 9. The molecular weight excluding hydrogens is 603 g/mol. The van der Waals surface area contributed by atoms with Gasteiger partial charge in [0, 0.05) is 35.1 Å². The summed E-state index contributed by atoms with van der Waals surface area (Å²) in [6.07, 6.45) is 15.1. The summed E-state index contributed by atoms with van der Waals surface area (Å²) in [5.41, 5.74) is 10.9. The van der Waals surface area contributed by atoms with Crippen LogP contribution in [0, 0.1) is 0 Å². The minimum Gasteiger partial charge on any atom is -0.462 e. The molecule has 5 aromatic rings. The Balaban J connectivity index is 1.36. The number of ether oxygens (including phenoxy) is 1. The Labute approximate surface area is 288 Å². The predicted octanol–water partition coefficient (Wildman–Crippen LogP) is 13.0. The maximum absolute atomic E-state index is 6.07. The first kappa shape index (κ1) is 31.1. The molecule has 2 heterocycles. The number of para-hydroxylation sites is 2. The lowest BCUT2D eigenvalue weighted by Crippen LogP contribution is -2.17. The third-order valence-electron chi connectivity index (χ3n) is 8.48. The average Bonchev–Trinajstić information content (AvgIpc) is 3.53. The van der Waals surface area contributed by atoms with E-state index >= 15 is 0 Å². The van der Waals surface area contributed by atoms with E-state index in [4.69, 9.17) is 4.74 Å². The van der Waals surface area contributed by atoms with Crippen molar-refractivity contribution in [3.05, 3.63) is 203 Å². The van der Waals surface area contributed by atoms with Gasteiger partial charge < -0.3 is 9.64 Å². The molecule has 48 heavy (non-hydrogen) atoms. The molecule has 1 aromatic heterocycles. The van der Waals surface area contributed by atoms with Crippen LogP contribution in [0.2, 0.25) is 0 Å². The van der Waals surface area contributed by atoms with Crippen LogP contribution in [-0.4, -0.2) is 0 Å². The highest BCUT2D eigenvalue weighted by Crippen LogP contribution is 2.42. The molecule has 0 amide bonds. The van der Waals surface area contributed by atoms with Crippen LogP contribution < -0.4 is 4.90 Å². The summed E-state index contributed by atoms with van der Waals surface area (Å²) in [5.74, 6) is 1.77. The highest BCUT2D eigenvalue weighted by molar-refractivity contribution is 7.16.